The molecule has 0 aliphatic carbocycles. The minimum Gasteiger partial charge on any atom is -0.396 e. The zero-order valence-corrected chi connectivity index (χ0v) is 7.46. The lowest BCUT2D eigenvalue weighted by atomic mass is 10.1. The van der Waals surface area contributed by atoms with Gasteiger partial charge >= 0.3 is 0 Å². The Morgan fingerprint density at radius 3 is 2.83 bits per heavy atom. The standard InChI is InChI=1S/C9H14N2O/c1-7-5-8(3-4-12)6-11-9(7)10-2/h5-6,12H,3-4H2,1-2H3,(H,10,11). The van der Waals surface area contributed by atoms with Gasteiger partial charge in [0.25, 0.3) is 0 Å². The highest BCUT2D eigenvalue weighted by Gasteiger charge is 1.98. The molecule has 0 fully saturated rings. The van der Waals surface area contributed by atoms with Crippen LogP contribution in [0.5, 0.6) is 0 Å². The van der Waals surface area contributed by atoms with Crippen molar-refractivity contribution in [2.45, 2.75) is 13.3 Å². The minimum atomic E-state index is 0.181. The van der Waals surface area contributed by atoms with E-state index in [0.717, 1.165) is 16.9 Å². The summed E-state index contributed by atoms with van der Waals surface area (Å²) >= 11 is 0. The van der Waals surface area contributed by atoms with Crippen LogP contribution in [-0.4, -0.2) is 23.7 Å². The third kappa shape index (κ3) is 1.95. The molecule has 0 atom stereocenters. The van der Waals surface area contributed by atoms with Crippen molar-refractivity contribution in [3.05, 3.63) is 23.4 Å². The van der Waals surface area contributed by atoms with Crippen molar-refractivity contribution in [2.24, 2.45) is 0 Å². The van der Waals surface area contributed by atoms with Crippen molar-refractivity contribution in [1.29, 1.82) is 0 Å². The number of anilines is 1. The molecule has 0 saturated heterocycles. The van der Waals surface area contributed by atoms with Gasteiger partial charge in [0, 0.05) is 19.9 Å². The SMILES string of the molecule is CNc1ncc(CCO)cc1C. The quantitative estimate of drug-likeness (QED) is 0.703. The fourth-order valence-corrected chi connectivity index (χ4v) is 1.16. The molecule has 1 aromatic heterocycles. The third-order valence-electron chi connectivity index (χ3n) is 1.77. The van der Waals surface area contributed by atoms with Crippen LogP contribution in [0, 0.1) is 6.92 Å². The molecule has 0 unspecified atom stereocenters. The summed E-state index contributed by atoms with van der Waals surface area (Å²) in [5.41, 5.74) is 2.19. The molecule has 3 nitrogen and oxygen atoms in total. The van der Waals surface area contributed by atoms with Crippen LogP contribution in [0.25, 0.3) is 0 Å². The van der Waals surface area contributed by atoms with E-state index in [-0.39, 0.29) is 6.61 Å². The van der Waals surface area contributed by atoms with Crippen LogP contribution in [0.2, 0.25) is 0 Å². The second kappa shape index (κ2) is 4.07. The zero-order chi connectivity index (χ0) is 8.97. The van der Waals surface area contributed by atoms with Gasteiger partial charge in [-0.1, -0.05) is 6.07 Å². The average Bonchev–Trinajstić information content (AvgIpc) is 2.05. The lowest BCUT2D eigenvalue weighted by molar-refractivity contribution is 0.299. The van der Waals surface area contributed by atoms with E-state index in [2.05, 4.69) is 10.3 Å². The normalized spacial score (nSPS) is 9.92. The van der Waals surface area contributed by atoms with Gasteiger partial charge in [-0.05, 0) is 24.5 Å². The second-order valence-electron chi connectivity index (χ2n) is 2.73. The molecular formula is C9H14N2O. The van der Waals surface area contributed by atoms with Crippen LogP contribution in [0.3, 0.4) is 0 Å². The molecule has 0 amide bonds. The summed E-state index contributed by atoms with van der Waals surface area (Å²) in [6.45, 7) is 2.18. The number of nitrogens with zero attached hydrogens (tertiary/aromatic N) is 1. The molecule has 0 bridgehead atoms. The Bertz CT molecular complexity index is 261. The summed E-state index contributed by atoms with van der Waals surface area (Å²) in [5.74, 6) is 0.900. The van der Waals surface area contributed by atoms with Crippen LogP contribution in [0.1, 0.15) is 11.1 Å². The minimum absolute atomic E-state index is 0.181. The monoisotopic (exact) mass is 166 g/mol. The number of rotatable bonds is 3. The highest BCUT2D eigenvalue weighted by atomic mass is 16.2. The first-order chi connectivity index (χ1) is 5.77. The Morgan fingerprint density at radius 2 is 2.33 bits per heavy atom. The molecule has 0 aromatic carbocycles. The summed E-state index contributed by atoms with van der Waals surface area (Å²) in [6.07, 6.45) is 2.47. The molecule has 0 spiro atoms. The van der Waals surface area contributed by atoms with Gasteiger partial charge in [-0.3, -0.25) is 0 Å². The van der Waals surface area contributed by atoms with E-state index in [1.165, 1.54) is 0 Å². The van der Waals surface area contributed by atoms with Gasteiger partial charge in [0.2, 0.25) is 0 Å². The molecule has 1 rings (SSSR count). The Hall–Kier alpha value is -1.09. The molecule has 0 aliphatic heterocycles. The maximum absolute atomic E-state index is 8.69. The van der Waals surface area contributed by atoms with E-state index in [1.807, 2.05) is 20.0 Å². The second-order valence-corrected chi connectivity index (χ2v) is 2.73. The van der Waals surface area contributed by atoms with Crippen LogP contribution in [-0.2, 0) is 6.42 Å². The van der Waals surface area contributed by atoms with Gasteiger partial charge in [-0.15, -0.1) is 0 Å². The number of hydrogen-bond acceptors (Lipinski definition) is 3. The van der Waals surface area contributed by atoms with E-state index in [1.54, 1.807) is 6.20 Å². The van der Waals surface area contributed by atoms with Crippen molar-refractivity contribution in [3.8, 4) is 0 Å². The van der Waals surface area contributed by atoms with Gasteiger partial charge in [-0.25, -0.2) is 4.98 Å². The van der Waals surface area contributed by atoms with Crippen molar-refractivity contribution in [3.63, 3.8) is 0 Å². The predicted molar refractivity (Wildman–Crippen MR) is 49.3 cm³/mol. The van der Waals surface area contributed by atoms with Crippen LogP contribution in [0.15, 0.2) is 12.3 Å². The smallest absolute Gasteiger partial charge is 0.128 e. The first-order valence-electron chi connectivity index (χ1n) is 4.02. The van der Waals surface area contributed by atoms with Gasteiger partial charge < -0.3 is 10.4 Å². The summed E-state index contributed by atoms with van der Waals surface area (Å²) in [5, 5.41) is 11.7. The molecule has 0 saturated carbocycles. The Labute approximate surface area is 72.5 Å². The maximum Gasteiger partial charge on any atom is 0.128 e. The predicted octanol–water partition coefficient (Wildman–Crippen LogP) is 0.967. The van der Waals surface area contributed by atoms with Crippen LogP contribution < -0.4 is 5.32 Å². The molecule has 0 radical (unpaired) electrons. The fraction of sp³-hybridized carbons (Fsp3) is 0.444. The summed E-state index contributed by atoms with van der Waals surface area (Å²) in [6, 6.07) is 2.04. The summed E-state index contributed by atoms with van der Waals surface area (Å²) in [4.78, 5) is 4.19. The van der Waals surface area contributed by atoms with E-state index in [4.69, 9.17) is 5.11 Å². The van der Waals surface area contributed by atoms with Crippen molar-refractivity contribution >= 4 is 5.82 Å². The number of aliphatic hydroxyl groups excluding tert-OH is 1. The topological polar surface area (TPSA) is 45.2 Å². The zero-order valence-electron chi connectivity index (χ0n) is 7.46. The number of hydrogen-bond donors (Lipinski definition) is 2. The highest BCUT2D eigenvalue weighted by Crippen LogP contribution is 2.11. The highest BCUT2D eigenvalue weighted by molar-refractivity contribution is 5.43. The number of nitrogens with one attached hydrogen (secondary N) is 1. The van der Waals surface area contributed by atoms with Crippen LogP contribution >= 0.6 is 0 Å². The largest absolute Gasteiger partial charge is 0.396 e. The first-order valence-corrected chi connectivity index (χ1v) is 4.02. The van der Waals surface area contributed by atoms with Crippen molar-refractivity contribution in [2.75, 3.05) is 19.0 Å². The summed E-state index contributed by atoms with van der Waals surface area (Å²) < 4.78 is 0. The van der Waals surface area contributed by atoms with Gasteiger partial charge in [-0.2, -0.15) is 0 Å². The van der Waals surface area contributed by atoms with E-state index < -0.39 is 0 Å². The van der Waals surface area contributed by atoms with Crippen molar-refractivity contribution in [1.82, 2.24) is 4.98 Å². The van der Waals surface area contributed by atoms with Gasteiger partial charge in [0.1, 0.15) is 5.82 Å². The number of aliphatic hydroxyl groups is 1. The molecule has 1 heterocycles. The van der Waals surface area contributed by atoms with Crippen molar-refractivity contribution < 1.29 is 5.11 Å². The molecule has 12 heavy (non-hydrogen) atoms. The lowest BCUT2D eigenvalue weighted by Crippen LogP contribution is -1.98. The third-order valence-corrected chi connectivity index (χ3v) is 1.77. The molecule has 0 aliphatic rings. The maximum atomic E-state index is 8.69. The van der Waals surface area contributed by atoms with Gasteiger partial charge in [0.05, 0.1) is 0 Å². The lowest BCUT2D eigenvalue weighted by Gasteiger charge is -2.05. The Morgan fingerprint density at radius 1 is 1.58 bits per heavy atom. The molecule has 66 valence electrons. The van der Waals surface area contributed by atoms with E-state index >= 15 is 0 Å². The molecule has 1 aromatic rings. The molecule has 2 N–H and O–H groups in total. The molecular weight excluding hydrogens is 152 g/mol. The fourth-order valence-electron chi connectivity index (χ4n) is 1.16. The average molecular weight is 166 g/mol. The Kier molecular flexibility index (Phi) is 3.05. The summed E-state index contributed by atoms with van der Waals surface area (Å²) in [7, 11) is 1.85. The van der Waals surface area contributed by atoms with Crippen LogP contribution in [0.4, 0.5) is 5.82 Å². The molecule has 3 heteroatoms. The van der Waals surface area contributed by atoms with E-state index in [9.17, 15) is 0 Å². The first kappa shape index (κ1) is 9.00. The number of aryl methyl sites for hydroxylation is 1. The Balaban J connectivity index is 2.86. The van der Waals surface area contributed by atoms with E-state index in [0.29, 0.717) is 6.42 Å². The number of pyridine rings is 1. The number of aromatic nitrogens is 1. The van der Waals surface area contributed by atoms with Gasteiger partial charge in [0.15, 0.2) is 0 Å².